The molecular formula is C16H12ClN5S. The zero-order valence-corrected chi connectivity index (χ0v) is 13.8. The van der Waals surface area contributed by atoms with Crippen LogP contribution in [0.1, 0.15) is 5.56 Å². The predicted molar refractivity (Wildman–Crippen MR) is 94.0 cm³/mol. The molecule has 1 aromatic carbocycles. The Balaban J connectivity index is 1.70. The van der Waals surface area contributed by atoms with E-state index in [0.29, 0.717) is 11.6 Å². The van der Waals surface area contributed by atoms with Gasteiger partial charge in [-0.3, -0.25) is 0 Å². The number of hydrogen-bond acceptors (Lipinski definition) is 5. The summed E-state index contributed by atoms with van der Waals surface area (Å²) in [5, 5.41) is 5.51. The Morgan fingerprint density at radius 1 is 1.17 bits per heavy atom. The lowest BCUT2D eigenvalue weighted by atomic mass is 10.3. The van der Waals surface area contributed by atoms with Gasteiger partial charge in [0.15, 0.2) is 5.82 Å². The van der Waals surface area contributed by atoms with Crippen molar-refractivity contribution in [3.63, 3.8) is 0 Å². The Morgan fingerprint density at radius 3 is 2.83 bits per heavy atom. The Bertz CT molecular complexity index is 977. The van der Waals surface area contributed by atoms with Crippen LogP contribution in [0.2, 0.25) is 5.28 Å². The van der Waals surface area contributed by atoms with Gasteiger partial charge >= 0.3 is 0 Å². The molecule has 7 heteroatoms. The van der Waals surface area contributed by atoms with Gasteiger partial charge in [0.05, 0.1) is 16.4 Å². The normalized spacial score (nSPS) is 11.0. The molecule has 0 radical (unpaired) electrons. The van der Waals surface area contributed by atoms with Gasteiger partial charge in [0.2, 0.25) is 5.28 Å². The summed E-state index contributed by atoms with van der Waals surface area (Å²) < 4.78 is 2.92. The molecule has 23 heavy (non-hydrogen) atoms. The van der Waals surface area contributed by atoms with E-state index in [1.54, 1.807) is 17.7 Å². The molecule has 0 spiro atoms. The molecule has 1 N–H and O–H groups in total. The van der Waals surface area contributed by atoms with E-state index < -0.39 is 0 Å². The fourth-order valence-corrected chi connectivity index (χ4v) is 3.44. The third-order valence-electron chi connectivity index (χ3n) is 3.45. The van der Waals surface area contributed by atoms with Gasteiger partial charge in [-0.25, -0.2) is 9.97 Å². The van der Waals surface area contributed by atoms with E-state index in [4.69, 9.17) is 11.6 Å². The van der Waals surface area contributed by atoms with Crippen molar-refractivity contribution in [3.8, 4) is 5.69 Å². The van der Waals surface area contributed by atoms with Gasteiger partial charge < -0.3 is 9.88 Å². The van der Waals surface area contributed by atoms with Crippen LogP contribution in [0, 0.1) is 6.92 Å². The smallest absolute Gasteiger partial charge is 0.224 e. The molecule has 0 aliphatic carbocycles. The number of thiophene rings is 1. The van der Waals surface area contributed by atoms with Crippen molar-refractivity contribution in [2.24, 2.45) is 0 Å². The number of halogens is 1. The van der Waals surface area contributed by atoms with Crippen LogP contribution in [0.25, 0.3) is 15.9 Å². The minimum atomic E-state index is 0.226. The van der Waals surface area contributed by atoms with Crippen molar-refractivity contribution in [1.82, 2.24) is 19.5 Å². The van der Waals surface area contributed by atoms with E-state index in [2.05, 4.69) is 20.3 Å². The number of nitrogens with one attached hydrogen (secondary N) is 1. The number of rotatable bonds is 3. The summed E-state index contributed by atoms with van der Waals surface area (Å²) in [6.45, 7) is 2.01. The Hall–Kier alpha value is -2.44. The summed E-state index contributed by atoms with van der Waals surface area (Å²) in [4.78, 5) is 13.0. The Labute approximate surface area is 141 Å². The van der Waals surface area contributed by atoms with Gasteiger partial charge in [-0.15, -0.1) is 11.3 Å². The van der Waals surface area contributed by atoms with Crippen molar-refractivity contribution < 1.29 is 0 Å². The van der Waals surface area contributed by atoms with Crippen LogP contribution < -0.4 is 5.32 Å². The highest BCUT2D eigenvalue weighted by molar-refractivity contribution is 7.18. The fourth-order valence-electron chi connectivity index (χ4n) is 2.34. The number of aryl methyl sites for hydroxylation is 1. The summed E-state index contributed by atoms with van der Waals surface area (Å²) in [6, 6.07) is 10.0. The highest BCUT2D eigenvalue weighted by Gasteiger charge is 2.12. The number of hydrogen-bond donors (Lipinski definition) is 1. The summed E-state index contributed by atoms with van der Waals surface area (Å²) in [7, 11) is 0. The number of para-hydroxylation sites is 1. The number of anilines is 2. The van der Waals surface area contributed by atoms with Gasteiger partial charge in [-0.2, -0.15) is 4.98 Å². The molecule has 5 nitrogen and oxygen atoms in total. The van der Waals surface area contributed by atoms with E-state index in [9.17, 15) is 0 Å². The molecule has 114 valence electrons. The molecule has 0 saturated heterocycles. The molecule has 0 amide bonds. The largest absolute Gasteiger partial charge is 0.322 e. The number of imidazole rings is 1. The lowest BCUT2D eigenvalue weighted by Crippen LogP contribution is -1.96. The van der Waals surface area contributed by atoms with Gasteiger partial charge in [0.1, 0.15) is 12.1 Å². The topological polar surface area (TPSA) is 55.6 Å². The average molecular weight is 342 g/mol. The zero-order valence-electron chi connectivity index (χ0n) is 12.2. The van der Waals surface area contributed by atoms with Crippen molar-refractivity contribution in [2.45, 2.75) is 6.92 Å². The maximum atomic E-state index is 6.04. The molecule has 3 aromatic heterocycles. The fraction of sp³-hybridized carbons (Fsp3) is 0.0625. The van der Waals surface area contributed by atoms with Gasteiger partial charge in [0.25, 0.3) is 0 Å². The van der Waals surface area contributed by atoms with E-state index >= 15 is 0 Å². The standard InChI is InChI=1S/C16H12ClN5S/c1-10-8-23-14-13(10)20-16(17)21-15(14)19-12-7-22(9-18-12)11-5-3-2-4-6-11/h2-9H,1H3,(H,19,20,21). The highest BCUT2D eigenvalue weighted by atomic mass is 35.5. The van der Waals surface area contributed by atoms with Crippen LogP contribution in [0.5, 0.6) is 0 Å². The minimum Gasteiger partial charge on any atom is -0.322 e. The van der Waals surface area contributed by atoms with Crippen molar-refractivity contribution >= 4 is 44.8 Å². The average Bonchev–Trinajstić information content (AvgIpc) is 3.16. The second-order valence-corrected chi connectivity index (χ2v) is 6.28. The van der Waals surface area contributed by atoms with Crippen LogP contribution in [0.15, 0.2) is 48.2 Å². The molecule has 0 aliphatic heterocycles. The van der Waals surface area contributed by atoms with Crippen LogP contribution in [0.4, 0.5) is 11.6 Å². The molecule has 0 saturated carbocycles. The molecule has 3 heterocycles. The first-order chi connectivity index (χ1) is 11.2. The van der Waals surface area contributed by atoms with Crippen LogP contribution in [0.3, 0.4) is 0 Å². The molecule has 0 aliphatic rings. The second-order valence-electron chi connectivity index (χ2n) is 5.06. The first kappa shape index (κ1) is 14.2. The van der Waals surface area contributed by atoms with Gasteiger partial charge in [0, 0.05) is 5.69 Å². The van der Waals surface area contributed by atoms with Crippen LogP contribution in [-0.2, 0) is 0 Å². The number of benzene rings is 1. The third kappa shape index (κ3) is 2.67. The first-order valence-corrected chi connectivity index (χ1v) is 8.24. The SMILES string of the molecule is Cc1csc2c(Nc3cn(-c4ccccc4)cn3)nc(Cl)nc12. The van der Waals surface area contributed by atoms with E-state index in [1.165, 1.54) is 0 Å². The van der Waals surface area contributed by atoms with Crippen molar-refractivity contribution in [1.29, 1.82) is 0 Å². The van der Waals surface area contributed by atoms with E-state index in [-0.39, 0.29) is 5.28 Å². The highest BCUT2D eigenvalue weighted by Crippen LogP contribution is 2.31. The van der Waals surface area contributed by atoms with E-state index in [1.807, 2.05) is 53.4 Å². The molecule has 0 atom stereocenters. The summed E-state index contributed by atoms with van der Waals surface area (Å²) in [6.07, 6.45) is 3.68. The first-order valence-electron chi connectivity index (χ1n) is 6.98. The molecule has 0 unspecified atom stereocenters. The Morgan fingerprint density at radius 2 is 2.00 bits per heavy atom. The van der Waals surface area contributed by atoms with Gasteiger partial charge in [-0.05, 0) is 41.6 Å². The summed E-state index contributed by atoms with van der Waals surface area (Å²) >= 11 is 7.63. The number of fused-ring (bicyclic) bond motifs is 1. The molecule has 0 bridgehead atoms. The lowest BCUT2D eigenvalue weighted by Gasteiger charge is -2.04. The number of aromatic nitrogens is 4. The van der Waals surface area contributed by atoms with Crippen LogP contribution >= 0.6 is 22.9 Å². The molecule has 0 fully saturated rings. The van der Waals surface area contributed by atoms with Gasteiger partial charge in [-0.1, -0.05) is 18.2 Å². The summed E-state index contributed by atoms with van der Waals surface area (Å²) in [5.74, 6) is 1.38. The van der Waals surface area contributed by atoms with Crippen LogP contribution in [-0.4, -0.2) is 19.5 Å². The Kier molecular flexibility index (Phi) is 3.48. The number of nitrogens with zero attached hydrogens (tertiary/aromatic N) is 4. The van der Waals surface area contributed by atoms with Crippen molar-refractivity contribution in [3.05, 3.63) is 59.1 Å². The van der Waals surface area contributed by atoms with Crippen molar-refractivity contribution in [2.75, 3.05) is 5.32 Å². The predicted octanol–water partition coefficient (Wildman–Crippen LogP) is 4.58. The maximum Gasteiger partial charge on any atom is 0.224 e. The zero-order chi connectivity index (χ0) is 15.8. The molecule has 4 rings (SSSR count). The monoisotopic (exact) mass is 341 g/mol. The second kappa shape index (κ2) is 5.64. The lowest BCUT2D eigenvalue weighted by molar-refractivity contribution is 1.06. The molecule has 4 aromatic rings. The maximum absolute atomic E-state index is 6.04. The third-order valence-corrected chi connectivity index (χ3v) is 4.71. The quantitative estimate of drug-likeness (QED) is 0.554. The molecular weight excluding hydrogens is 330 g/mol. The minimum absolute atomic E-state index is 0.226. The van der Waals surface area contributed by atoms with E-state index in [0.717, 1.165) is 21.5 Å². The summed E-state index contributed by atoms with van der Waals surface area (Å²) in [5.41, 5.74) is 3.01.